The predicted octanol–water partition coefficient (Wildman–Crippen LogP) is 3.51. The number of carbonyl (C=O) groups is 2. The second-order valence-electron chi connectivity index (χ2n) is 7.40. The molecular formula is C20H18F6N4O4. The molecule has 14 heteroatoms. The third kappa shape index (κ3) is 6.48. The Hall–Kier alpha value is -3.58. The summed E-state index contributed by atoms with van der Waals surface area (Å²) in [5.41, 5.74) is -2.47. The molecule has 184 valence electrons. The van der Waals surface area contributed by atoms with Gasteiger partial charge in [-0.15, -0.1) is 0 Å². The lowest BCUT2D eigenvalue weighted by Gasteiger charge is -2.17. The highest BCUT2D eigenvalue weighted by molar-refractivity contribution is 5.94. The Morgan fingerprint density at radius 2 is 1.71 bits per heavy atom. The Morgan fingerprint density at radius 3 is 2.24 bits per heavy atom. The van der Waals surface area contributed by atoms with E-state index >= 15 is 0 Å². The molecule has 34 heavy (non-hydrogen) atoms. The van der Waals surface area contributed by atoms with E-state index in [0.29, 0.717) is 0 Å². The van der Waals surface area contributed by atoms with Gasteiger partial charge in [0, 0.05) is 0 Å². The Bertz CT molecular complexity index is 1050. The number of methoxy groups -OCH3 is 1. The molecule has 1 heterocycles. The molecule has 8 nitrogen and oxygen atoms in total. The molecule has 0 atom stereocenters. The summed E-state index contributed by atoms with van der Waals surface area (Å²) in [5, 5.41) is 4.51. The molecule has 0 aliphatic heterocycles. The van der Waals surface area contributed by atoms with Gasteiger partial charge in [0.25, 0.3) is 0 Å². The lowest BCUT2D eigenvalue weighted by atomic mass is 10.2. The van der Waals surface area contributed by atoms with E-state index in [-0.39, 0.29) is 36.7 Å². The monoisotopic (exact) mass is 492 g/mol. The third-order valence-corrected chi connectivity index (χ3v) is 4.73. The molecular weight excluding hydrogens is 474 g/mol. The van der Waals surface area contributed by atoms with E-state index < -0.39 is 47.4 Å². The predicted molar refractivity (Wildman–Crippen MR) is 103 cm³/mol. The number of nitrogens with one attached hydrogen (secondary N) is 2. The van der Waals surface area contributed by atoms with E-state index in [1.54, 1.807) is 0 Å². The quantitative estimate of drug-likeness (QED) is 0.547. The molecule has 0 unspecified atom stereocenters. The van der Waals surface area contributed by atoms with Crippen LogP contribution in [0.15, 0.2) is 30.6 Å². The van der Waals surface area contributed by atoms with Gasteiger partial charge in [-0.1, -0.05) is 0 Å². The maximum absolute atomic E-state index is 13.3. The average molecular weight is 492 g/mol. The first-order valence-corrected chi connectivity index (χ1v) is 9.71. The topological polar surface area (TPSA) is 102 Å². The number of benzene rings is 1. The first kappa shape index (κ1) is 25.1. The van der Waals surface area contributed by atoms with E-state index in [2.05, 4.69) is 20.6 Å². The van der Waals surface area contributed by atoms with Crippen molar-refractivity contribution < 1.29 is 45.4 Å². The van der Waals surface area contributed by atoms with Crippen LogP contribution in [0.5, 0.6) is 17.2 Å². The van der Waals surface area contributed by atoms with E-state index in [0.717, 1.165) is 24.5 Å². The standard InChI is InChI=1S/C20H18F6N4O4/c1-33-11-2-3-14(13(6-11)20(24,25)26)34-12-8-27-15(28-9-12)10-29-17(32)18(4-5-18)30-16(31)7-19(21,22)23/h2-3,6,8-9H,4-5,7,10H2,1H3,(H,29,32)(H,30,31). The molecule has 0 saturated heterocycles. The van der Waals surface area contributed by atoms with Crippen LogP contribution in [0.2, 0.25) is 0 Å². The van der Waals surface area contributed by atoms with Crippen LogP contribution in [0.25, 0.3) is 0 Å². The van der Waals surface area contributed by atoms with E-state index in [9.17, 15) is 35.9 Å². The highest BCUT2D eigenvalue weighted by Crippen LogP contribution is 2.40. The highest BCUT2D eigenvalue weighted by atomic mass is 19.4. The van der Waals surface area contributed by atoms with Crippen LogP contribution >= 0.6 is 0 Å². The largest absolute Gasteiger partial charge is 0.497 e. The van der Waals surface area contributed by atoms with Crippen molar-refractivity contribution in [3.8, 4) is 17.2 Å². The van der Waals surface area contributed by atoms with Gasteiger partial charge in [-0.05, 0) is 31.0 Å². The van der Waals surface area contributed by atoms with E-state index in [1.807, 2.05) is 0 Å². The van der Waals surface area contributed by atoms with Crippen molar-refractivity contribution in [2.45, 2.75) is 43.7 Å². The number of ether oxygens (including phenoxy) is 2. The van der Waals surface area contributed by atoms with Crippen molar-refractivity contribution in [3.63, 3.8) is 0 Å². The fourth-order valence-corrected chi connectivity index (χ4v) is 2.92. The molecule has 2 aromatic rings. The van der Waals surface area contributed by atoms with E-state index in [4.69, 9.17) is 9.47 Å². The summed E-state index contributed by atoms with van der Waals surface area (Å²) in [7, 11) is 1.23. The second-order valence-corrected chi connectivity index (χ2v) is 7.40. The van der Waals surface area contributed by atoms with Gasteiger partial charge in [0.2, 0.25) is 11.8 Å². The minimum atomic E-state index is -4.71. The molecule has 1 aliphatic rings. The molecule has 0 bridgehead atoms. The van der Waals surface area contributed by atoms with Gasteiger partial charge < -0.3 is 20.1 Å². The number of halogens is 6. The number of hydrogen-bond acceptors (Lipinski definition) is 6. The summed E-state index contributed by atoms with van der Waals surface area (Å²) in [6.07, 6.45) is -8.55. The molecule has 2 amide bonds. The number of hydrogen-bond donors (Lipinski definition) is 2. The minimum Gasteiger partial charge on any atom is -0.497 e. The first-order chi connectivity index (χ1) is 15.8. The zero-order chi connectivity index (χ0) is 25.1. The third-order valence-electron chi connectivity index (χ3n) is 4.73. The second kappa shape index (κ2) is 9.35. The molecule has 1 aromatic carbocycles. The van der Waals surface area contributed by atoms with Gasteiger partial charge in [0.15, 0.2) is 5.75 Å². The Kier molecular flexibility index (Phi) is 6.89. The fourth-order valence-electron chi connectivity index (χ4n) is 2.92. The van der Waals surface area contributed by atoms with Crippen LogP contribution in [0.4, 0.5) is 26.3 Å². The summed E-state index contributed by atoms with van der Waals surface area (Å²) in [6.45, 7) is -0.230. The van der Waals surface area contributed by atoms with Crippen molar-refractivity contribution in [2.24, 2.45) is 0 Å². The van der Waals surface area contributed by atoms with Crippen LogP contribution in [0.3, 0.4) is 0 Å². The molecule has 2 N–H and O–H groups in total. The number of amides is 2. The smallest absolute Gasteiger partial charge is 0.420 e. The highest BCUT2D eigenvalue weighted by Gasteiger charge is 2.51. The molecule has 1 saturated carbocycles. The van der Waals surface area contributed by atoms with Crippen molar-refractivity contribution in [3.05, 3.63) is 42.0 Å². The van der Waals surface area contributed by atoms with Crippen LogP contribution in [-0.2, 0) is 22.3 Å². The van der Waals surface area contributed by atoms with Gasteiger partial charge in [-0.3, -0.25) is 9.59 Å². The van der Waals surface area contributed by atoms with Gasteiger partial charge >= 0.3 is 12.4 Å². The van der Waals surface area contributed by atoms with Crippen molar-refractivity contribution in [1.82, 2.24) is 20.6 Å². The maximum atomic E-state index is 13.3. The summed E-state index contributed by atoms with van der Waals surface area (Å²) in [6, 6.07) is 3.15. The Morgan fingerprint density at radius 1 is 1.06 bits per heavy atom. The molecule has 0 spiro atoms. The molecule has 0 radical (unpaired) electrons. The van der Waals surface area contributed by atoms with Gasteiger partial charge in [0.1, 0.15) is 34.8 Å². The number of rotatable bonds is 8. The van der Waals surface area contributed by atoms with Gasteiger partial charge in [-0.2, -0.15) is 26.3 Å². The van der Waals surface area contributed by atoms with E-state index in [1.165, 1.54) is 13.2 Å². The Balaban J connectivity index is 1.59. The Labute approximate surface area is 188 Å². The lowest BCUT2D eigenvalue weighted by Crippen LogP contribution is -2.49. The summed E-state index contributed by atoms with van der Waals surface area (Å²) < 4.78 is 86.8. The first-order valence-electron chi connectivity index (χ1n) is 9.71. The molecule has 1 fully saturated rings. The van der Waals surface area contributed by atoms with Gasteiger partial charge in [0.05, 0.1) is 26.0 Å². The van der Waals surface area contributed by atoms with Crippen LogP contribution in [0, 0.1) is 0 Å². The average Bonchev–Trinajstić information content (AvgIpc) is 3.51. The van der Waals surface area contributed by atoms with Crippen LogP contribution in [-0.4, -0.2) is 40.6 Å². The zero-order valence-corrected chi connectivity index (χ0v) is 17.5. The number of aromatic nitrogens is 2. The van der Waals surface area contributed by atoms with Crippen molar-refractivity contribution in [1.29, 1.82) is 0 Å². The maximum Gasteiger partial charge on any atom is 0.420 e. The van der Waals surface area contributed by atoms with Crippen molar-refractivity contribution in [2.75, 3.05) is 7.11 Å². The van der Waals surface area contributed by atoms with Crippen LogP contribution < -0.4 is 20.1 Å². The number of nitrogens with zero attached hydrogens (tertiary/aromatic N) is 2. The zero-order valence-electron chi connectivity index (χ0n) is 17.5. The molecule has 1 aromatic heterocycles. The normalized spacial score (nSPS) is 14.8. The lowest BCUT2D eigenvalue weighted by molar-refractivity contribution is -0.155. The molecule has 3 rings (SSSR count). The van der Waals surface area contributed by atoms with Crippen LogP contribution in [0.1, 0.15) is 30.7 Å². The van der Waals surface area contributed by atoms with Crippen molar-refractivity contribution >= 4 is 11.8 Å². The van der Waals surface area contributed by atoms with Gasteiger partial charge in [-0.25, -0.2) is 9.97 Å². The summed E-state index contributed by atoms with van der Waals surface area (Å²) >= 11 is 0. The minimum absolute atomic E-state index is 0.00922. The number of alkyl halides is 6. The number of carbonyl (C=O) groups excluding carboxylic acids is 2. The summed E-state index contributed by atoms with van der Waals surface area (Å²) in [4.78, 5) is 31.5. The molecule has 1 aliphatic carbocycles. The fraction of sp³-hybridized carbons (Fsp3) is 0.400. The summed E-state index contributed by atoms with van der Waals surface area (Å²) in [5.74, 6) is -2.56. The SMILES string of the molecule is COc1ccc(Oc2cnc(CNC(=O)C3(NC(=O)CC(F)(F)F)CC3)nc2)c(C(F)(F)F)c1.